The third kappa shape index (κ3) is 3.99. The third-order valence-electron chi connectivity index (χ3n) is 7.00. The van der Waals surface area contributed by atoms with Gasteiger partial charge in [0.2, 0.25) is 0 Å². The summed E-state index contributed by atoms with van der Waals surface area (Å²) in [4.78, 5) is 28.2. The Morgan fingerprint density at radius 2 is 1.79 bits per heavy atom. The van der Waals surface area contributed by atoms with E-state index in [1.165, 1.54) is 19.3 Å². The number of hydrogen-bond acceptors (Lipinski definition) is 7. The number of aromatic amines is 2. The molecule has 0 aliphatic carbocycles. The molecule has 0 atom stereocenters. The zero-order valence-electron chi connectivity index (χ0n) is 20.5. The van der Waals surface area contributed by atoms with Gasteiger partial charge in [-0.2, -0.15) is 5.10 Å². The summed E-state index contributed by atoms with van der Waals surface area (Å²) < 4.78 is 16.1. The van der Waals surface area contributed by atoms with Crippen molar-refractivity contribution in [1.29, 1.82) is 0 Å². The van der Waals surface area contributed by atoms with Crippen LogP contribution < -0.4 is 0 Å². The zero-order chi connectivity index (χ0) is 25.5. The van der Waals surface area contributed by atoms with Crippen molar-refractivity contribution >= 4 is 21.9 Å². The lowest BCUT2D eigenvalue weighted by Crippen LogP contribution is -2.29. The van der Waals surface area contributed by atoms with Crippen LogP contribution in [0.5, 0.6) is 0 Å². The van der Waals surface area contributed by atoms with E-state index in [4.69, 9.17) is 4.98 Å². The Labute approximate surface area is 217 Å². The fourth-order valence-corrected chi connectivity index (χ4v) is 5.16. The first kappa shape index (κ1) is 22.6. The van der Waals surface area contributed by atoms with Crippen LogP contribution in [-0.4, -0.2) is 58.1 Å². The third-order valence-corrected chi connectivity index (χ3v) is 7.00. The molecular weight excluding hydrogens is 481 g/mol. The molecule has 1 saturated heterocycles. The second-order valence-corrected chi connectivity index (χ2v) is 9.56. The van der Waals surface area contributed by atoms with Crippen molar-refractivity contribution in [3.05, 3.63) is 72.7 Å². The monoisotopic (exact) mass is 505 g/mol. The minimum Gasteiger partial charge on any atom is -0.336 e. The maximum Gasteiger partial charge on any atom is 0.161 e. The first-order valence-corrected chi connectivity index (χ1v) is 12.7. The molecule has 6 aromatic rings. The molecule has 0 bridgehead atoms. The Kier molecular flexibility index (Phi) is 5.58. The van der Waals surface area contributed by atoms with Crippen LogP contribution in [0.3, 0.4) is 0 Å². The van der Waals surface area contributed by atoms with Gasteiger partial charge in [0, 0.05) is 36.9 Å². The lowest BCUT2D eigenvalue weighted by Gasteiger charge is -2.26. The van der Waals surface area contributed by atoms with E-state index in [-0.39, 0.29) is 5.69 Å². The van der Waals surface area contributed by atoms with Gasteiger partial charge in [-0.05, 0) is 55.8 Å². The number of hydrogen-bond donors (Lipinski definition) is 2. The second kappa shape index (κ2) is 9.38. The normalized spacial score (nSPS) is 14.4. The predicted molar refractivity (Wildman–Crippen MR) is 142 cm³/mol. The van der Waals surface area contributed by atoms with Gasteiger partial charge in [0.05, 0.1) is 28.3 Å². The van der Waals surface area contributed by atoms with Gasteiger partial charge in [-0.3, -0.25) is 29.9 Å². The largest absolute Gasteiger partial charge is 0.336 e. The summed E-state index contributed by atoms with van der Waals surface area (Å²) in [6.45, 7) is 2.96. The van der Waals surface area contributed by atoms with Gasteiger partial charge in [0.15, 0.2) is 11.6 Å². The van der Waals surface area contributed by atoms with Gasteiger partial charge in [-0.15, -0.1) is 0 Å². The van der Waals surface area contributed by atoms with Gasteiger partial charge < -0.3 is 4.98 Å². The summed E-state index contributed by atoms with van der Waals surface area (Å²) in [7, 11) is 0. The summed E-state index contributed by atoms with van der Waals surface area (Å²) >= 11 is 0. The number of H-pyrrole nitrogens is 2. The average Bonchev–Trinajstić information content (AvgIpc) is 3.59. The lowest BCUT2D eigenvalue weighted by molar-refractivity contribution is 0.220. The Bertz CT molecular complexity index is 1750. The van der Waals surface area contributed by atoms with Crippen molar-refractivity contribution in [2.24, 2.45) is 0 Å². The standard InChI is InChI=1S/C28H24FN9/c29-23-22-21(15-33-24(23)18-12-17(13-30-14-18)16-38-10-4-1-5-11-38)36-37-27(22)28-34-20-7-9-32-25(26(20)35-28)19-6-2-3-8-31-19/h2-3,6-9,12-15H,1,4-5,10-11,16H2,(H,34,35)(H,36,37). The van der Waals surface area contributed by atoms with Crippen LogP contribution in [0.25, 0.3) is 56.1 Å². The van der Waals surface area contributed by atoms with Crippen LogP contribution in [0.1, 0.15) is 24.8 Å². The van der Waals surface area contributed by atoms with Crippen LogP contribution in [0, 0.1) is 5.82 Å². The molecule has 1 aliphatic rings. The van der Waals surface area contributed by atoms with Gasteiger partial charge in [0.25, 0.3) is 0 Å². The van der Waals surface area contributed by atoms with Crippen LogP contribution in [0.2, 0.25) is 0 Å². The lowest BCUT2D eigenvalue weighted by atomic mass is 10.1. The summed E-state index contributed by atoms with van der Waals surface area (Å²) in [6, 6.07) is 9.44. The van der Waals surface area contributed by atoms with E-state index in [0.29, 0.717) is 44.9 Å². The van der Waals surface area contributed by atoms with E-state index in [1.54, 1.807) is 24.8 Å². The molecule has 7 heterocycles. The Hall–Kier alpha value is -4.57. The number of aromatic nitrogens is 8. The molecule has 1 fully saturated rings. The maximum atomic E-state index is 16.1. The van der Waals surface area contributed by atoms with Crippen molar-refractivity contribution in [1.82, 2.24) is 45.0 Å². The SMILES string of the molecule is Fc1c(-c2cncc(CN3CCCCC3)c2)ncc2[nH]nc(-c3nc4c(-c5ccccn5)nccc4[nH]3)c12. The van der Waals surface area contributed by atoms with Gasteiger partial charge in [-0.25, -0.2) is 9.37 Å². The molecule has 1 aliphatic heterocycles. The van der Waals surface area contributed by atoms with E-state index in [9.17, 15) is 0 Å². The number of rotatable bonds is 5. The van der Waals surface area contributed by atoms with E-state index in [2.05, 4.69) is 40.0 Å². The summed E-state index contributed by atoms with van der Waals surface area (Å²) in [5, 5.41) is 7.62. The molecule has 7 rings (SSSR count). The number of piperidine rings is 1. The molecule has 0 aromatic carbocycles. The van der Waals surface area contributed by atoms with Gasteiger partial charge in [0.1, 0.15) is 22.6 Å². The average molecular weight is 506 g/mol. The number of nitrogens with zero attached hydrogens (tertiary/aromatic N) is 7. The van der Waals surface area contributed by atoms with Crippen LogP contribution in [-0.2, 0) is 6.54 Å². The van der Waals surface area contributed by atoms with E-state index < -0.39 is 5.82 Å². The number of imidazole rings is 1. The molecule has 6 aromatic heterocycles. The molecule has 2 N–H and O–H groups in total. The zero-order valence-corrected chi connectivity index (χ0v) is 20.5. The molecule has 10 heteroatoms. The molecule has 0 spiro atoms. The van der Waals surface area contributed by atoms with Crippen molar-refractivity contribution in [2.45, 2.75) is 25.8 Å². The highest BCUT2D eigenvalue weighted by atomic mass is 19.1. The van der Waals surface area contributed by atoms with Gasteiger partial charge in [-0.1, -0.05) is 12.5 Å². The van der Waals surface area contributed by atoms with Crippen molar-refractivity contribution in [3.8, 4) is 34.2 Å². The van der Waals surface area contributed by atoms with E-state index in [1.807, 2.05) is 36.5 Å². The summed E-state index contributed by atoms with van der Waals surface area (Å²) in [6.07, 6.45) is 12.2. The minimum atomic E-state index is -0.466. The number of pyridine rings is 4. The fourth-order valence-electron chi connectivity index (χ4n) is 5.16. The van der Waals surface area contributed by atoms with Crippen molar-refractivity contribution in [2.75, 3.05) is 13.1 Å². The quantitative estimate of drug-likeness (QED) is 0.333. The van der Waals surface area contributed by atoms with E-state index >= 15 is 4.39 Å². The Balaban J connectivity index is 1.29. The highest BCUT2D eigenvalue weighted by Crippen LogP contribution is 2.33. The van der Waals surface area contributed by atoms with E-state index in [0.717, 1.165) is 30.7 Å². The molecular formula is C28H24FN9. The fraction of sp³-hybridized carbons (Fsp3) is 0.214. The Morgan fingerprint density at radius 3 is 2.66 bits per heavy atom. The molecule has 38 heavy (non-hydrogen) atoms. The molecule has 0 radical (unpaired) electrons. The molecule has 0 unspecified atom stereocenters. The number of likely N-dealkylation sites (tertiary alicyclic amines) is 1. The topological polar surface area (TPSA) is 112 Å². The highest BCUT2D eigenvalue weighted by Gasteiger charge is 2.22. The number of halogens is 1. The van der Waals surface area contributed by atoms with Crippen molar-refractivity contribution in [3.63, 3.8) is 0 Å². The van der Waals surface area contributed by atoms with Crippen LogP contribution in [0.4, 0.5) is 4.39 Å². The highest BCUT2D eigenvalue weighted by molar-refractivity contribution is 5.97. The summed E-state index contributed by atoms with van der Waals surface area (Å²) in [5.74, 6) is -0.0313. The Morgan fingerprint density at radius 1 is 0.868 bits per heavy atom. The first-order valence-electron chi connectivity index (χ1n) is 12.7. The van der Waals surface area contributed by atoms with Gasteiger partial charge >= 0.3 is 0 Å². The molecule has 188 valence electrons. The molecule has 0 saturated carbocycles. The van der Waals surface area contributed by atoms with Crippen molar-refractivity contribution < 1.29 is 4.39 Å². The molecule has 9 nitrogen and oxygen atoms in total. The predicted octanol–water partition coefficient (Wildman–Crippen LogP) is 5.15. The second-order valence-electron chi connectivity index (χ2n) is 9.56. The number of fused-ring (bicyclic) bond motifs is 2. The first-order chi connectivity index (χ1) is 18.7. The van der Waals surface area contributed by atoms with Crippen LogP contribution >= 0.6 is 0 Å². The number of nitrogens with one attached hydrogen (secondary N) is 2. The molecule has 0 amide bonds. The minimum absolute atomic E-state index is 0.236. The maximum absolute atomic E-state index is 16.1. The van der Waals surface area contributed by atoms with Crippen LogP contribution in [0.15, 0.2) is 61.3 Å². The smallest absolute Gasteiger partial charge is 0.161 e. The summed E-state index contributed by atoms with van der Waals surface area (Å²) in [5.41, 5.74) is 5.53.